The molecule has 0 saturated heterocycles. The lowest BCUT2D eigenvalue weighted by Gasteiger charge is -2.19. The molecule has 130 valence electrons. The fourth-order valence-corrected chi connectivity index (χ4v) is 4.00. The largest absolute Gasteiger partial charge is 0.347 e. The molecule has 26 heavy (non-hydrogen) atoms. The Labute approximate surface area is 156 Å². The van der Waals surface area contributed by atoms with Gasteiger partial charge in [-0.1, -0.05) is 36.4 Å². The molecule has 0 saturated carbocycles. The van der Waals surface area contributed by atoms with Crippen LogP contribution >= 0.6 is 11.3 Å². The van der Waals surface area contributed by atoms with E-state index < -0.39 is 0 Å². The Morgan fingerprint density at radius 2 is 2.04 bits per heavy atom. The first-order valence-electron chi connectivity index (χ1n) is 8.54. The number of aromatic nitrogens is 2. The first-order valence-corrected chi connectivity index (χ1v) is 9.42. The SMILES string of the molecule is C[C@H](c1ccccc1)n1c(C(=O)NCc2cccnc2)cc2sccc21. The van der Waals surface area contributed by atoms with Crippen molar-refractivity contribution < 1.29 is 4.79 Å². The van der Waals surface area contributed by atoms with Crippen LogP contribution in [-0.2, 0) is 6.54 Å². The van der Waals surface area contributed by atoms with E-state index in [0.717, 1.165) is 15.8 Å². The fraction of sp³-hybridized carbons (Fsp3) is 0.143. The molecule has 4 rings (SSSR count). The van der Waals surface area contributed by atoms with Crippen molar-refractivity contribution in [3.05, 3.63) is 89.2 Å². The van der Waals surface area contributed by atoms with Crippen molar-refractivity contribution in [2.45, 2.75) is 19.5 Å². The lowest BCUT2D eigenvalue weighted by Crippen LogP contribution is -2.26. The van der Waals surface area contributed by atoms with Crippen molar-refractivity contribution in [2.24, 2.45) is 0 Å². The third-order valence-electron chi connectivity index (χ3n) is 4.54. The number of benzene rings is 1. The van der Waals surface area contributed by atoms with Gasteiger partial charge < -0.3 is 9.88 Å². The maximum Gasteiger partial charge on any atom is 0.268 e. The van der Waals surface area contributed by atoms with Gasteiger partial charge in [-0.2, -0.15) is 0 Å². The summed E-state index contributed by atoms with van der Waals surface area (Å²) in [5.41, 5.74) is 3.94. The zero-order valence-corrected chi connectivity index (χ0v) is 15.2. The second-order valence-electron chi connectivity index (χ2n) is 6.20. The van der Waals surface area contributed by atoms with Crippen LogP contribution in [0.1, 0.15) is 34.6 Å². The van der Waals surface area contributed by atoms with Crippen molar-refractivity contribution >= 4 is 27.5 Å². The van der Waals surface area contributed by atoms with E-state index in [2.05, 4.69) is 45.4 Å². The topological polar surface area (TPSA) is 46.9 Å². The average Bonchev–Trinajstić information content (AvgIpc) is 3.28. The van der Waals surface area contributed by atoms with E-state index in [0.29, 0.717) is 12.2 Å². The third-order valence-corrected chi connectivity index (χ3v) is 5.39. The van der Waals surface area contributed by atoms with Crippen LogP contribution in [0.2, 0.25) is 0 Å². The first-order chi connectivity index (χ1) is 12.7. The number of nitrogens with one attached hydrogen (secondary N) is 1. The number of rotatable bonds is 5. The lowest BCUT2D eigenvalue weighted by molar-refractivity contribution is 0.0941. The van der Waals surface area contributed by atoms with Gasteiger partial charge in [-0.25, -0.2) is 0 Å². The molecule has 0 bridgehead atoms. The fourth-order valence-electron chi connectivity index (χ4n) is 3.19. The predicted molar refractivity (Wildman–Crippen MR) is 105 cm³/mol. The Morgan fingerprint density at radius 3 is 2.81 bits per heavy atom. The molecule has 0 radical (unpaired) electrons. The molecule has 1 N–H and O–H groups in total. The van der Waals surface area contributed by atoms with Gasteiger partial charge in [-0.3, -0.25) is 9.78 Å². The maximum absolute atomic E-state index is 12.9. The Balaban J connectivity index is 1.66. The van der Waals surface area contributed by atoms with Gasteiger partial charge in [0, 0.05) is 18.9 Å². The highest BCUT2D eigenvalue weighted by Crippen LogP contribution is 2.31. The van der Waals surface area contributed by atoms with E-state index in [9.17, 15) is 4.79 Å². The average molecular weight is 361 g/mol. The summed E-state index contributed by atoms with van der Waals surface area (Å²) < 4.78 is 3.25. The summed E-state index contributed by atoms with van der Waals surface area (Å²) in [7, 11) is 0. The summed E-state index contributed by atoms with van der Waals surface area (Å²) in [6.45, 7) is 2.59. The Hall–Kier alpha value is -2.92. The summed E-state index contributed by atoms with van der Waals surface area (Å²) in [5.74, 6) is -0.0694. The minimum absolute atomic E-state index is 0.0694. The molecule has 3 heterocycles. The van der Waals surface area contributed by atoms with E-state index in [1.165, 1.54) is 5.56 Å². The molecule has 4 aromatic rings. The molecule has 0 aliphatic carbocycles. The summed E-state index contributed by atoms with van der Waals surface area (Å²) in [6, 6.07) is 18.2. The summed E-state index contributed by atoms with van der Waals surface area (Å²) in [4.78, 5) is 17.0. The highest BCUT2D eigenvalue weighted by atomic mass is 32.1. The van der Waals surface area contributed by atoms with Crippen LogP contribution in [-0.4, -0.2) is 15.5 Å². The van der Waals surface area contributed by atoms with Crippen LogP contribution in [0.3, 0.4) is 0 Å². The van der Waals surface area contributed by atoms with Gasteiger partial charge in [-0.05, 0) is 41.6 Å². The molecule has 1 aromatic carbocycles. The number of carbonyl (C=O) groups is 1. The molecule has 4 nitrogen and oxygen atoms in total. The van der Waals surface area contributed by atoms with E-state index >= 15 is 0 Å². The van der Waals surface area contributed by atoms with E-state index in [4.69, 9.17) is 0 Å². The highest BCUT2D eigenvalue weighted by Gasteiger charge is 2.21. The van der Waals surface area contributed by atoms with Crippen LogP contribution in [0.15, 0.2) is 72.4 Å². The monoisotopic (exact) mass is 361 g/mol. The quantitative estimate of drug-likeness (QED) is 0.563. The number of carbonyl (C=O) groups excluding carboxylic acids is 1. The predicted octanol–water partition coefficient (Wildman–Crippen LogP) is 4.64. The highest BCUT2D eigenvalue weighted by molar-refractivity contribution is 7.17. The number of amides is 1. The summed E-state index contributed by atoms with van der Waals surface area (Å²) >= 11 is 1.66. The van der Waals surface area contributed by atoms with Gasteiger partial charge in [-0.15, -0.1) is 11.3 Å². The smallest absolute Gasteiger partial charge is 0.268 e. The minimum atomic E-state index is -0.0694. The van der Waals surface area contributed by atoms with Gasteiger partial charge in [0.2, 0.25) is 0 Å². The molecule has 5 heteroatoms. The number of hydrogen-bond donors (Lipinski definition) is 1. The first kappa shape index (κ1) is 16.5. The molecule has 0 unspecified atom stereocenters. The Kier molecular flexibility index (Phi) is 4.54. The van der Waals surface area contributed by atoms with E-state index in [-0.39, 0.29) is 11.9 Å². The maximum atomic E-state index is 12.9. The van der Waals surface area contributed by atoms with E-state index in [1.807, 2.05) is 36.4 Å². The third kappa shape index (κ3) is 3.13. The van der Waals surface area contributed by atoms with Crippen molar-refractivity contribution in [1.82, 2.24) is 14.9 Å². The second-order valence-corrected chi connectivity index (χ2v) is 7.15. The second kappa shape index (κ2) is 7.14. The standard InChI is InChI=1S/C21H19N3OS/c1-15(17-7-3-2-4-8-17)24-18-9-11-26-20(18)12-19(24)21(25)23-14-16-6-5-10-22-13-16/h2-13,15H,14H2,1H3,(H,23,25)/t15-/m1/s1. The Bertz CT molecular complexity index is 1020. The van der Waals surface area contributed by atoms with Gasteiger partial charge in [0.05, 0.1) is 16.3 Å². The van der Waals surface area contributed by atoms with Crippen LogP contribution < -0.4 is 5.32 Å². The lowest BCUT2D eigenvalue weighted by atomic mass is 10.1. The number of pyridine rings is 1. The van der Waals surface area contributed by atoms with Crippen LogP contribution in [0.4, 0.5) is 0 Å². The van der Waals surface area contributed by atoms with Gasteiger partial charge in [0.25, 0.3) is 5.91 Å². The van der Waals surface area contributed by atoms with Crippen LogP contribution in [0.5, 0.6) is 0 Å². The normalized spacial score (nSPS) is 12.2. The molecule has 0 fully saturated rings. The molecule has 1 amide bonds. The zero-order chi connectivity index (χ0) is 17.9. The molecule has 0 aliphatic heterocycles. The van der Waals surface area contributed by atoms with Crippen LogP contribution in [0, 0.1) is 0 Å². The number of thiophene rings is 1. The molecular formula is C21H19N3OS. The molecular weight excluding hydrogens is 342 g/mol. The number of nitrogens with zero attached hydrogens (tertiary/aromatic N) is 2. The minimum Gasteiger partial charge on any atom is -0.347 e. The summed E-state index contributed by atoms with van der Waals surface area (Å²) in [6.07, 6.45) is 3.50. The van der Waals surface area contributed by atoms with Crippen molar-refractivity contribution in [1.29, 1.82) is 0 Å². The molecule has 3 aromatic heterocycles. The molecule has 1 atom stereocenters. The molecule has 0 aliphatic rings. The number of hydrogen-bond acceptors (Lipinski definition) is 3. The zero-order valence-electron chi connectivity index (χ0n) is 14.4. The summed E-state index contributed by atoms with van der Waals surface area (Å²) in [5, 5.41) is 5.08. The van der Waals surface area contributed by atoms with Crippen molar-refractivity contribution in [3.8, 4) is 0 Å². The molecule has 0 spiro atoms. The van der Waals surface area contributed by atoms with E-state index in [1.54, 1.807) is 23.7 Å². The van der Waals surface area contributed by atoms with Gasteiger partial charge in [0.15, 0.2) is 0 Å². The van der Waals surface area contributed by atoms with Gasteiger partial charge in [0.1, 0.15) is 5.69 Å². The number of fused-ring (bicyclic) bond motifs is 1. The Morgan fingerprint density at radius 1 is 1.19 bits per heavy atom. The van der Waals surface area contributed by atoms with Crippen LogP contribution in [0.25, 0.3) is 10.2 Å². The van der Waals surface area contributed by atoms with Gasteiger partial charge >= 0.3 is 0 Å². The van der Waals surface area contributed by atoms with Crippen molar-refractivity contribution in [2.75, 3.05) is 0 Å². The van der Waals surface area contributed by atoms with Crippen molar-refractivity contribution in [3.63, 3.8) is 0 Å².